The van der Waals surface area contributed by atoms with Crippen LogP contribution >= 0.6 is 0 Å². The lowest BCUT2D eigenvalue weighted by Crippen LogP contribution is -2.33. The second-order valence-electron chi connectivity index (χ2n) is 6.18. The second kappa shape index (κ2) is 7.08. The number of rotatable bonds is 5. The van der Waals surface area contributed by atoms with E-state index in [-0.39, 0.29) is 12.4 Å². The van der Waals surface area contributed by atoms with Crippen molar-refractivity contribution in [3.8, 4) is 5.75 Å². The molecule has 10 heteroatoms. The number of para-hydroxylation sites is 1. The number of anilines is 1. The Morgan fingerprint density at radius 2 is 1.93 bits per heavy atom. The van der Waals surface area contributed by atoms with Crippen LogP contribution in [0, 0.1) is 0 Å². The molecule has 5 N–H and O–H groups in total. The van der Waals surface area contributed by atoms with Crippen molar-refractivity contribution in [2.45, 2.75) is 31.1 Å². The lowest BCUT2D eigenvalue weighted by molar-refractivity contribution is -0.0511. The van der Waals surface area contributed by atoms with Crippen LogP contribution in [-0.4, -0.2) is 59.8 Å². The van der Waals surface area contributed by atoms with E-state index >= 15 is 0 Å². The first kappa shape index (κ1) is 17.6. The predicted octanol–water partition coefficient (Wildman–Crippen LogP) is -0.401. The fourth-order valence-electron chi connectivity index (χ4n) is 3.01. The van der Waals surface area contributed by atoms with Gasteiger partial charge in [-0.15, -0.1) is 0 Å². The van der Waals surface area contributed by atoms with Crippen LogP contribution in [0.3, 0.4) is 0 Å². The highest BCUT2D eigenvalue weighted by atomic mass is 16.6. The minimum absolute atomic E-state index is 0.0886. The van der Waals surface area contributed by atoms with E-state index in [9.17, 15) is 15.3 Å². The van der Waals surface area contributed by atoms with E-state index < -0.39 is 31.1 Å². The van der Waals surface area contributed by atoms with E-state index in [1.54, 1.807) is 0 Å². The molecular formula is C17H19N5O5. The fourth-order valence-corrected chi connectivity index (χ4v) is 3.01. The van der Waals surface area contributed by atoms with Gasteiger partial charge in [0.05, 0.1) is 12.9 Å². The Bertz CT molecular complexity index is 934. The summed E-state index contributed by atoms with van der Waals surface area (Å²) < 4.78 is 12.6. The number of hydrogen-bond acceptors (Lipinski definition) is 9. The Kier molecular flexibility index (Phi) is 4.62. The van der Waals surface area contributed by atoms with E-state index in [2.05, 4.69) is 15.0 Å². The minimum Gasteiger partial charge on any atom is -0.486 e. The van der Waals surface area contributed by atoms with Crippen molar-refractivity contribution in [1.29, 1.82) is 0 Å². The number of benzene rings is 1. The molecule has 0 radical (unpaired) electrons. The summed E-state index contributed by atoms with van der Waals surface area (Å²) >= 11 is 0. The van der Waals surface area contributed by atoms with Crippen LogP contribution in [0.25, 0.3) is 11.2 Å². The Labute approximate surface area is 153 Å². The number of aliphatic hydroxyl groups is 3. The zero-order valence-electron chi connectivity index (χ0n) is 14.2. The molecule has 1 saturated heterocycles. The molecule has 2 aromatic heterocycles. The number of nitrogen functional groups attached to an aromatic ring is 1. The molecule has 0 spiro atoms. The number of fused-ring (bicyclic) bond motifs is 1. The number of ether oxygens (including phenoxy) is 2. The van der Waals surface area contributed by atoms with Gasteiger partial charge in [-0.05, 0) is 12.1 Å². The van der Waals surface area contributed by atoms with Gasteiger partial charge < -0.3 is 30.5 Å². The van der Waals surface area contributed by atoms with Crippen molar-refractivity contribution in [3.05, 3.63) is 42.5 Å². The first-order valence-corrected chi connectivity index (χ1v) is 8.37. The number of aromatic nitrogens is 4. The maximum atomic E-state index is 10.2. The third kappa shape index (κ3) is 3.19. The maximum Gasteiger partial charge on any atom is 0.170 e. The van der Waals surface area contributed by atoms with Crippen LogP contribution in [0.1, 0.15) is 12.1 Å². The zero-order chi connectivity index (χ0) is 19.0. The average Bonchev–Trinajstić information content (AvgIpc) is 3.23. The van der Waals surface area contributed by atoms with Crippen molar-refractivity contribution in [3.63, 3.8) is 0 Å². The molecule has 3 aromatic rings. The lowest BCUT2D eigenvalue weighted by atomic mass is 10.1. The number of aliphatic hydroxyl groups excluding tert-OH is 3. The smallest absolute Gasteiger partial charge is 0.170 e. The third-order valence-electron chi connectivity index (χ3n) is 4.40. The molecule has 4 rings (SSSR count). The lowest BCUT2D eigenvalue weighted by Gasteiger charge is -2.16. The van der Waals surface area contributed by atoms with Gasteiger partial charge in [-0.3, -0.25) is 4.57 Å². The van der Waals surface area contributed by atoms with Crippen LogP contribution in [0.15, 0.2) is 36.7 Å². The molecule has 27 heavy (non-hydrogen) atoms. The molecule has 1 aliphatic rings. The highest BCUT2D eigenvalue weighted by Crippen LogP contribution is 2.32. The zero-order valence-corrected chi connectivity index (χ0v) is 14.2. The number of nitrogens with zero attached hydrogens (tertiary/aromatic N) is 4. The topological polar surface area (TPSA) is 149 Å². The third-order valence-corrected chi connectivity index (χ3v) is 4.40. The molecule has 0 aliphatic carbocycles. The van der Waals surface area contributed by atoms with Crippen molar-refractivity contribution < 1.29 is 24.8 Å². The number of hydrogen-bond donors (Lipinski definition) is 4. The monoisotopic (exact) mass is 373 g/mol. The molecule has 0 saturated carbocycles. The van der Waals surface area contributed by atoms with Crippen LogP contribution in [0.2, 0.25) is 0 Å². The van der Waals surface area contributed by atoms with E-state index in [1.165, 1.54) is 10.9 Å². The van der Waals surface area contributed by atoms with Gasteiger partial charge in [-0.1, -0.05) is 18.2 Å². The molecule has 1 aromatic carbocycles. The van der Waals surface area contributed by atoms with Gasteiger partial charge in [0.2, 0.25) is 0 Å². The second-order valence-corrected chi connectivity index (χ2v) is 6.18. The molecule has 4 atom stereocenters. The van der Waals surface area contributed by atoms with E-state index in [1.807, 2.05) is 30.3 Å². The van der Waals surface area contributed by atoms with Crippen LogP contribution in [0.4, 0.5) is 5.82 Å². The van der Waals surface area contributed by atoms with Gasteiger partial charge in [-0.2, -0.15) is 0 Å². The standard InChI is InChI=1S/C17H19N5O5/c18-15-12-16(21-11(20-15)7-26-9-4-2-1-3-5-9)22(8-19-12)17-14(25)13(24)10(6-23)27-17/h1-5,8,10,13-14,17,23-25H,6-7H2,(H2,18,20,21)/t10-,13-,14-,17-/m1/s1. The Balaban J connectivity index is 1.64. The molecular weight excluding hydrogens is 354 g/mol. The summed E-state index contributed by atoms with van der Waals surface area (Å²) in [5.74, 6) is 1.16. The quantitative estimate of drug-likeness (QED) is 0.468. The summed E-state index contributed by atoms with van der Waals surface area (Å²) in [5.41, 5.74) is 6.66. The summed E-state index contributed by atoms with van der Waals surface area (Å²) in [7, 11) is 0. The van der Waals surface area contributed by atoms with Gasteiger partial charge in [0, 0.05) is 0 Å². The van der Waals surface area contributed by atoms with Gasteiger partial charge in [-0.25, -0.2) is 15.0 Å². The van der Waals surface area contributed by atoms with Crippen molar-refractivity contribution in [1.82, 2.24) is 19.5 Å². The molecule has 0 unspecified atom stereocenters. The number of imidazole rings is 1. The van der Waals surface area contributed by atoms with Gasteiger partial charge >= 0.3 is 0 Å². The predicted molar refractivity (Wildman–Crippen MR) is 93.5 cm³/mol. The summed E-state index contributed by atoms with van der Waals surface area (Å²) in [5, 5.41) is 29.5. The van der Waals surface area contributed by atoms with Gasteiger partial charge in [0.1, 0.15) is 36.2 Å². The fraction of sp³-hybridized carbons (Fsp3) is 0.353. The largest absolute Gasteiger partial charge is 0.486 e. The first-order valence-electron chi connectivity index (χ1n) is 8.37. The van der Waals surface area contributed by atoms with Crippen molar-refractivity contribution in [2.24, 2.45) is 0 Å². The molecule has 0 bridgehead atoms. The molecule has 10 nitrogen and oxygen atoms in total. The molecule has 3 heterocycles. The summed E-state index contributed by atoms with van der Waals surface area (Å²) in [6.07, 6.45) is -2.93. The molecule has 1 fully saturated rings. The Hall–Kier alpha value is -2.79. The van der Waals surface area contributed by atoms with Gasteiger partial charge in [0.15, 0.2) is 23.5 Å². The van der Waals surface area contributed by atoms with Crippen molar-refractivity contribution >= 4 is 17.0 Å². The van der Waals surface area contributed by atoms with Gasteiger partial charge in [0.25, 0.3) is 0 Å². The number of nitrogens with two attached hydrogens (primary N) is 1. The molecule has 0 amide bonds. The summed E-state index contributed by atoms with van der Waals surface area (Å²) in [6, 6.07) is 9.21. The highest BCUT2D eigenvalue weighted by Gasteiger charge is 2.44. The summed E-state index contributed by atoms with van der Waals surface area (Å²) in [6.45, 7) is -0.333. The summed E-state index contributed by atoms with van der Waals surface area (Å²) in [4.78, 5) is 12.8. The molecule has 1 aliphatic heterocycles. The minimum atomic E-state index is -1.25. The average molecular weight is 373 g/mol. The van der Waals surface area contributed by atoms with Crippen LogP contribution < -0.4 is 10.5 Å². The highest BCUT2D eigenvalue weighted by molar-refractivity contribution is 5.81. The van der Waals surface area contributed by atoms with Crippen molar-refractivity contribution in [2.75, 3.05) is 12.3 Å². The Morgan fingerprint density at radius 3 is 2.63 bits per heavy atom. The normalized spacial score (nSPS) is 25.1. The van der Waals surface area contributed by atoms with Crippen LogP contribution in [-0.2, 0) is 11.3 Å². The Morgan fingerprint density at radius 1 is 1.15 bits per heavy atom. The maximum absolute atomic E-state index is 10.2. The SMILES string of the molecule is Nc1nc(COc2ccccc2)nc2c1ncn2[C@@H]1O[C@H](CO)[C@@H](O)[C@H]1O. The molecule has 142 valence electrons. The van der Waals surface area contributed by atoms with Crippen LogP contribution in [0.5, 0.6) is 5.75 Å². The van der Waals surface area contributed by atoms with E-state index in [0.29, 0.717) is 22.7 Å². The first-order chi connectivity index (χ1) is 13.1. The van der Waals surface area contributed by atoms with E-state index in [4.69, 9.17) is 15.2 Å². The van der Waals surface area contributed by atoms with E-state index in [0.717, 1.165) is 0 Å².